The third-order valence-electron chi connectivity index (χ3n) is 4.38. The molecule has 6 nitrogen and oxygen atoms in total. The molecule has 0 bridgehead atoms. The molecule has 0 unspecified atom stereocenters. The van der Waals surface area contributed by atoms with Crippen LogP contribution in [0.2, 0.25) is 0 Å². The molecule has 2 heterocycles. The number of benzene rings is 2. The van der Waals surface area contributed by atoms with Crippen LogP contribution in [0.15, 0.2) is 59.2 Å². The summed E-state index contributed by atoms with van der Waals surface area (Å²) in [4.78, 5) is 19.5. The van der Waals surface area contributed by atoms with E-state index >= 15 is 0 Å². The summed E-state index contributed by atoms with van der Waals surface area (Å²) in [7, 11) is 1.96. The number of carbonyl (C=O) groups excluding carboxylic acids is 1. The second-order valence-electron chi connectivity index (χ2n) is 6.37. The van der Waals surface area contributed by atoms with Crippen LogP contribution in [0.4, 0.5) is 11.6 Å². The van der Waals surface area contributed by atoms with E-state index < -0.39 is 0 Å². The fourth-order valence-electron chi connectivity index (χ4n) is 2.90. The Morgan fingerprint density at radius 3 is 2.71 bits per heavy atom. The number of nitrogens with zero attached hydrogens (tertiary/aromatic N) is 3. The molecule has 2 aromatic carbocycles. The van der Waals surface area contributed by atoms with E-state index in [-0.39, 0.29) is 0 Å². The first-order chi connectivity index (χ1) is 13.5. The summed E-state index contributed by atoms with van der Waals surface area (Å²) in [5, 5.41) is 3.36. The SMILES string of the molecule is Cc1cc(Nc2nc3cc(Oc4ccnc(C=O)c4)ccc3n2C)ccc1Br. The Morgan fingerprint density at radius 1 is 1.11 bits per heavy atom. The quantitative estimate of drug-likeness (QED) is 0.424. The zero-order chi connectivity index (χ0) is 19.7. The van der Waals surface area contributed by atoms with Crippen molar-refractivity contribution in [2.24, 2.45) is 7.05 Å². The van der Waals surface area contributed by atoms with Crippen molar-refractivity contribution in [2.45, 2.75) is 6.92 Å². The number of nitrogens with one attached hydrogen (secondary N) is 1. The maximum atomic E-state index is 10.9. The lowest BCUT2D eigenvalue weighted by atomic mass is 10.2. The zero-order valence-corrected chi connectivity index (χ0v) is 16.9. The van der Waals surface area contributed by atoms with Gasteiger partial charge in [0.15, 0.2) is 6.29 Å². The first-order valence-corrected chi connectivity index (χ1v) is 9.41. The summed E-state index contributed by atoms with van der Waals surface area (Å²) in [6.45, 7) is 2.04. The number of rotatable bonds is 5. The molecule has 2 aromatic heterocycles. The van der Waals surface area contributed by atoms with Crippen molar-refractivity contribution < 1.29 is 9.53 Å². The minimum absolute atomic E-state index is 0.327. The van der Waals surface area contributed by atoms with Gasteiger partial charge in [-0.25, -0.2) is 4.98 Å². The molecule has 0 spiro atoms. The van der Waals surface area contributed by atoms with Gasteiger partial charge in [-0.15, -0.1) is 0 Å². The fraction of sp³-hybridized carbons (Fsp3) is 0.0952. The number of carbonyl (C=O) groups is 1. The number of aromatic nitrogens is 3. The van der Waals surface area contributed by atoms with Crippen molar-refractivity contribution in [2.75, 3.05) is 5.32 Å². The number of ether oxygens (including phenoxy) is 1. The van der Waals surface area contributed by atoms with Gasteiger partial charge in [-0.1, -0.05) is 15.9 Å². The average molecular weight is 437 g/mol. The first kappa shape index (κ1) is 18.2. The number of hydrogen-bond donors (Lipinski definition) is 1. The maximum absolute atomic E-state index is 10.9. The molecular weight excluding hydrogens is 420 g/mol. The van der Waals surface area contributed by atoms with Crippen LogP contribution in [0, 0.1) is 6.92 Å². The Balaban J connectivity index is 1.63. The number of hydrogen-bond acceptors (Lipinski definition) is 5. The largest absolute Gasteiger partial charge is 0.457 e. The number of fused-ring (bicyclic) bond motifs is 1. The molecular formula is C21H17BrN4O2. The summed E-state index contributed by atoms with van der Waals surface area (Å²) in [5.41, 5.74) is 4.22. The zero-order valence-electron chi connectivity index (χ0n) is 15.3. The van der Waals surface area contributed by atoms with Crippen molar-refractivity contribution in [1.29, 1.82) is 0 Å². The molecule has 0 aliphatic rings. The van der Waals surface area contributed by atoms with Gasteiger partial charge in [-0.05, 0) is 48.9 Å². The van der Waals surface area contributed by atoms with Crippen LogP contribution in [0.3, 0.4) is 0 Å². The number of aryl methyl sites for hydroxylation is 2. The number of pyridine rings is 1. The van der Waals surface area contributed by atoms with E-state index in [4.69, 9.17) is 4.74 Å². The first-order valence-electron chi connectivity index (χ1n) is 8.62. The Labute approximate surface area is 170 Å². The molecule has 0 saturated heterocycles. The molecule has 4 aromatic rings. The maximum Gasteiger partial charge on any atom is 0.208 e. The highest BCUT2D eigenvalue weighted by atomic mass is 79.9. The van der Waals surface area contributed by atoms with Gasteiger partial charge < -0.3 is 14.6 Å². The van der Waals surface area contributed by atoms with E-state index in [1.54, 1.807) is 18.3 Å². The van der Waals surface area contributed by atoms with Crippen LogP contribution in [0.25, 0.3) is 11.0 Å². The van der Waals surface area contributed by atoms with Gasteiger partial charge in [-0.3, -0.25) is 9.78 Å². The predicted octanol–water partition coefficient (Wildman–Crippen LogP) is 5.39. The minimum atomic E-state index is 0.327. The third kappa shape index (κ3) is 3.61. The topological polar surface area (TPSA) is 69.0 Å². The van der Waals surface area contributed by atoms with E-state index in [1.165, 1.54) is 0 Å². The van der Waals surface area contributed by atoms with Crippen LogP contribution in [0.5, 0.6) is 11.5 Å². The molecule has 0 fully saturated rings. The van der Waals surface area contributed by atoms with Crippen molar-refractivity contribution in [3.8, 4) is 11.5 Å². The van der Waals surface area contributed by atoms with Gasteiger partial charge in [0.25, 0.3) is 0 Å². The Kier molecular flexibility index (Phi) is 4.83. The number of aldehydes is 1. The molecule has 140 valence electrons. The second kappa shape index (κ2) is 7.44. The highest BCUT2D eigenvalue weighted by Crippen LogP contribution is 2.29. The highest BCUT2D eigenvalue weighted by Gasteiger charge is 2.10. The number of imidazole rings is 1. The smallest absolute Gasteiger partial charge is 0.208 e. The molecule has 28 heavy (non-hydrogen) atoms. The van der Waals surface area contributed by atoms with Crippen LogP contribution >= 0.6 is 15.9 Å². The summed E-state index contributed by atoms with van der Waals surface area (Å²) in [6, 6.07) is 15.1. The number of anilines is 2. The van der Waals surface area contributed by atoms with Crippen molar-refractivity contribution in [3.05, 3.63) is 70.5 Å². The van der Waals surface area contributed by atoms with Gasteiger partial charge in [-0.2, -0.15) is 0 Å². The fourth-order valence-corrected chi connectivity index (χ4v) is 3.15. The molecule has 0 saturated carbocycles. The monoisotopic (exact) mass is 436 g/mol. The lowest BCUT2D eigenvalue weighted by Gasteiger charge is -2.08. The van der Waals surface area contributed by atoms with E-state index in [1.807, 2.05) is 48.9 Å². The molecule has 7 heteroatoms. The molecule has 0 aliphatic carbocycles. The molecule has 0 amide bonds. The van der Waals surface area contributed by atoms with Gasteiger partial charge in [0.1, 0.15) is 17.2 Å². The van der Waals surface area contributed by atoms with Gasteiger partial charge >= 0.3 is 0 Å². The second-order valence-corrected chi connectivity index (χ2v) is 7.22. The van der Waals surface area contributed by atoms with Gasteiger partial charge in [0.05, 0.1) is 11.0 Å². The summed E-state index contributed by atoms with van der Waals surface area (Å²) < 4.78 is 8.91. The van der Waals surface area contributed by atoms with Crippen LogP contribution < -0.4 is 10.1 Å². The standard InChI is InChI=1S/C21H17BrN4O2/c1-13-9-14(3-5-18(13)22)24-21-25-19-11-16(4-6-20(19)26(21)2)28-17-7-8-23-15(10-17)12-27/h3-12H,1-2H3,(H,24,25). The van der Waals surface area contributed by atoms with Crippen LogP contribution in [-0.4, -0.2) is 20.8 Å². The predicted molar refractivity (Wildman–Crippen MR) is 113 cm³/mol. The molecule has 0 radical (unpaired) electrons. The third-order valence-corrected chi connectivity index (χ3v) is 5.27. The van der Waals surface area contributed by atoms with Crippen molar-refractivity contribution in [3.63, 3.8) is 0 Å². The number of halogens is 1. The van der Waals surface area contributed by atoms with Crippen LogP contribution in [-0.2, 0) is 7.05 Å². The van der Waals surface area contributed by atoms with Gasteiger partial charge in [0, 0.05) is 35.5 Å². The van der Waals surface area contributed by atoms with Gasteiger partial charge in [0.2, 0.25) is 5.95 Å². The van der Waals surface area contributed by atoms with Crippen molar-refractivity contribution in [1.82, 2.24) is 14.5 Å². The Hall–Kier alpha value is -3.19. The molecule has 0 atom stereocenters. The average Bonchev–Trinajstić information content (AvgIpc) is 3.00. The highest BCUT2D eigenvalue weighted by molar-refractivity contribution is 9.10. The van der Waals surface area contributed by atoms with Crippen LogP contribution in [0.1, 0.15) is 16.1 Å². The normalized spacial score (nSPS) is 10.8. The summed E-state index contributed by atoms with van der Waals surface area (Å²) in [6.07, 6.45) is 2.23. The van der Waals surface area contributed by atoms with Crippen molar-refractivity contribution >= 4 is 44.9 Å². The molecule has 1 N–H and O–H groups in total. The molecule has 4 rings (SSSR count). The van der Waals surface area contributed by atoms with E-state index in [0.717, 1.165) is 32.7 Å². The van der Waals surface area contributed by atoms with E-state index in [0.29, 0.717) is 23.5 Å². The Bertz CT molecular complexity index is 1190. The minimum Gasteiger partial charge on any atom is -0.457 e. The Morgan fingerprint density at radius 2 is 1.93 bits per heavy atom. The summed E-state index contributed by atoms with van der Waals surface area (Å²) in [5.74, 6) is 1.93. The molecule has 0 aliphatic heterocycles. The lowest BCUT2D eigenvalue weighted by Crippen LogP contribution is -1.99. The van der Waals surface area contributed by atoms with E-state index in [9.17, 15) is 4.79 Å². The summed E-state index contributed by atoms with van der Waals surface area (Å²) >= 11 is 3.52. The van der Waals surface area contributed by atoms with E-state index in [2.05, 4.69) is 37.3 Å². The lowest BCUT2D eigenvalue weighted by molar-refractivity contribution is 0.111.